The van der Waals surface area contributed by atoms with Crippen LogP contribution in [-0.2, 0) is 14.3 Å². The second-order valence-electron chi connectivity index (χ2n) is 2.65. The topological polar surface area (TPSA) is 47.9 Å². The third-order valence-electron chi connectivity index (χ3n) is 1.65. The number of nitrogens with zero attached hydrogens (tertiary/aromatic N) is 1. The Morgan fingerprint density at radius 2 is 2.00 bits per heavy atom. The zero-order valence-electron chi connectivity index (χ0n) is 9.61. The summed E-state index contributed by atoms with van der Waals surface area (Å²) >= 11 is 0. The third-order valence-corrected chi connectivity index (χ3v) is 1.65. The first-order valence-corrected chi connectivity index (χ1v) is 4.72. The highest BCUT2D eigenvalue weighted by atomic mass is 16.5. The quantitative estimate of drug-likeness (QED) is 0.303. The molecule has 0 aromatic rings. The van der Waals surface area contributed by atoms with Gasteiger partial charge in [-0.3, -0.25) is 0 Å². The van der Waals surface area contributed by atoms with Gasteiger partial charge in [0.15, 0.2) is 0 Å². The number of carbonyl (C=O) groups excluding carboxylic acids is 1. The zero-order chi connectivity index (χ0) is 11.7. The number of rotatable bonds is 5. The van der Waals surface area contributed by atoms with Gasteiger partial charge in [-0.05, 0) is 19.4 Å². The molecule has 0 aliphatic rings. The minimum Gasteiger partial charge on any atom is -0.481 e. The summed E-state index contributed by atoms with van der Waals surface area (Å²) in [4.78, 5) is 15.2. The monoisotopic (exact) mass is 211 g/mol. The predicted octanol–water partition coefficient (Wildman–Crippen LogP) is 2.07. The van der Waals surface area contributed by atoms with Crippen molar-refractivity contribution in [3.8, 4) is 0 Å². The molecule has 0 radical (unpaired) electrons. The summed E-state index contributed by atoms with van der Waals surface area (Å²) in [6, 6.07) is 0. The average molecular weight is 211 g/mol. The fourth-order valence-electron chi connectivity index (χ4n) is 0.859. The Morgan fingerprint density at radius 3 is 2.40 bits per heavy atom. The molecule has 0 aromatic heterocycles. The molecule has 0 aliphatic heterocycles. The van der Waals surface area contributed by atoms with Crippen molar-refractivity contribution >= 4 is 12.2 Å². The van der Waals surface area contributed by atoms with Crippen LogP contribution in [0.5, 0.6) is 0 Å². The summed E-state index contributed by atoms with van der Waals surface area (Å²) in [7, 11) is 2.87. The summed E-state index contributed by atoms with van der Waals surface area (Å²) in [6.45, 7) is 3.72. The van der Waals surface area contributed by atoms with Crippen molar-refractivity contribution in [2.45, 2.75) is 20.3 Å². The van der Waals surface area contributed by atoms with Crippen LogP contribution >= 0.6 is 0 Å². The largest absolute Gasteiger partial charge is 0.481 e. The Labute approximate surface area is 90.3 Å². The highest BCUT2D eigenvalue weighted by Crippen LogP contribution is 2.01. The first-order chi connectivity index (χ1) is 7.19. The number of aliphatic imine (C=N–C) groups is 1. The maximum absolute atomic E-state index is 11.2. The van der Waals surface area contributed by atoms with Crippen LogP contribution in [0.1, 0.15) is 20.3 Å². The van der Waals surface area contributed by atoms with Gasteiger partial charge in [0.25, 0.3) is 0 Å². The summed E-state index contributed by atoms with van der Waals surface area (Å²) < 4.78 is 9.55. The minimum atomic E-state index is -0.409. The maximum atomic E-state index is 11.2. The second kappa shape index (κ2) is 7.79. The van der Waals surface area contributed by atoms with E-state index in [0.29, 0.717) is 11.5 Å². The highest BCUT2D eigenvalue weighted by molar-refractivity contribution is 6.09. The molecule has 0 N–H and O–H groups in total. The molecule has 0 rings (SSSR count). The third kappa shape index (κ3) is 5.00. The number of esters is 1. The molecular formula is C11H17NO3. The van der Waals surface area contributed by atoms with E-state index in [1.165, 1.54) is 20.4 Å². The van der Waals surface area contributed by atoms with Crippen LogP contribution in [0.4, 0.5) is 0 Å². The fraction of sp³-hybridized carbons (Fsp3) is 0.455. The standard InChI is InChI=1S/C11H17NO3/c1-5-7-10(14-3)12-8-9(6-2)11(13)15-4/h6-8H,5H2,1-4H3/b9-6+,10-7-,12-8+. The highest BCUT2D eigenvalue weighted by Gasteiger charge is 2.04. The van der Waals surface area contributed by atoms with E-state index >= 15 is 0 Å². The van der Waals surface area contributed by atoms with Crippen LogP contribution in [0.2, 0.25) is 0 Å². The molecule has 0 bridgehead atoms. The van der Waals surface area contributed by atoms with Crippen LogP contribution in [-0.4, -0.2) is 26.4 Å². The molecule has 0 amide bonds. The van der Waals surface area contributed by atoms with E-state index in [1.54, 1.807) is 13.0 Å². The van der Waals surface area contributed by atoms with Gasteiger partial charge in [-0.1, -0.05) is 13.0 Å². The minimum absolute atomic E-state index is 0.400. The summed E-state index contributed by atoms with van der Waals surface area (Å²) in [5, 5.41) is 0. The van der Waals surface area contributed by atoms with E-state index in [1.807, 2.05) is 13.0 Å². The lowest BCUT2D eigenvalue weighted by atomic mass is 10.3. The molecule has 0 fully saturated rings. The predicted molar refractivity (Wildman–Crippen MR) is 59.6 cm³/mol. The van der Waals surface area contributed by atoms with Gasteiger partial charge >= 0.3 is 5.97 Å². The number of hydrogen-bond acceptors (Lipinski definition) is 4. The molecule has 0 unspecified atom stereocenters. The van der Waals surface area contributed by atoms with E-state index in [9.17, 15) is 4.79 Å². The lowest BCUT2D eigenvalue weighted by Gasteiger charge is -2.00. The number of carbonyl (C=O) groups is 1. The lowest BCUT2D eigenvalue weighted by molar-refractivity contribution is -0.135. The van der Waals surface area contributed by atoms with Crippen LogP contribution in [0.15, 0.2) is 28.6 Å². The smallest absolute Gasteiger partial charge is 0.339 e. The van der Waals surface area contributed by atoms with Gasteiger partial charge in [0.1, 0.15) is 0 Å². The fourth-order valence-corrected chi connectivity index (χ4v) is 0.859. The van der Waals surface area contributed by atoms with Gasteiger partial charge < -0.3 is 9.47 Å². The first kappa shape index (κ1) is 13.4. The molecule has 0 aromatic carbocycles. The SMILES string of the molecule is C\C=C(/C=N/C(=C/CC)OC)C(=O)OC. The van der Waals surface area contributed by atoms with Crippen LogP contribution in [0.25, 0.3) is 0 Å². The molecule has 15 heavy (non-hydrogen) atoms. The first-order valence-electron chi connectivity index (χ1n) is 4.72. The Morgan fingerprint density at radius 1 is 1.33 bits per heavy atom. The van der Waals surface area contributed by atoms with Gasteiger partial charge in [-0.25, -0.2) is 9.79 Å². The van der Waals surface area contributed by atoms with E-state index < -0.39 is 5.97 Å². The molecule has 4 heteroatoms. The Balaban J connectivity index is 4.61. The van der Waals surface area contributed by atoms with E-state index in [2.05, 4.69) is 9.73 Å². The van der Waals surface area contributed by atoms with Gasteiger partial charge in [0, 0.05) is 6.21 Å². The summed E-state index contributed by atoms with van der Waals surface area (Å²) in [6.07, 6.45) is 5.70. The van der Waals surface area contributed by atoms with Crippen LogP contribution in [0.3, 0.4) is 0 Å². The number of hydrogen-bond donors (Lipinski definition) is 0. The van der Waals surface area contributed by atoms with Gasteiger partial charge in [-0.15, -0.1) is 0 Å². The van der Waals surface area contributed by atoms with Gasteiger partial charge in [0.2, 0.25) is 5.88 Å². The molecule has 4 nitrogen and oxygen atoms in total. The van der Waals surface area contributed by atoms with Crippen molar-refractivity contribution in [1.82, 2.24) is 0 Å². The maximum Gasteiger partial charge on any atom is 0.339 e. The Hall–Kier alpha value is -1.58. The van der Waals surface area contributed by atoms with Crippen LogP contribution in [0, 0.1) is 0 Å². The molecule has 0 saturated carbocycles. The lowest BCUT2D eigenvalue weighted by Crippen LogP contribution is -2.05. The summed E-state index contributed by atoms with van der Waals surface area (Å²) in [5.74, 6) is 0.0777. The van der Waals surface area contributed by atoms with Crippen molar-refractivity contribution in [2.75, 3.05) is 14.2 Å². The normalized spacial score (nSPS) is 13.1. The van der Waals surface area contributed by atoms with Crippen molar-refractivity contribution in [1.29, 1.82) is 0 Å². The van der Waals surface area contributed by atoms with Crippen molar-refractivity contribution < 1.29 is 14.3 Å². The molecular weight excluding hydrogens is 194 g/mol. The second-order valence-corrected chi connectivity index (χ2v) is 2.65. The van der Waals surface area contributed by atoms with Gasteiger partial charge in [-0.2, -0.15) is 0 Å². The molecule has 0 saturated heterocycles. The zero-order valence-corrected chi connectivity index (χ0v) is 9.61. The van der Waals surface area contributed by atoms with Gasteiger partial charge in [0.05, 0.1) is 19.8 Å². The molecule has 0 atom stereocenters. The van der Waals surface area contributed by atoms with E-state index in [4.69, 9.17) is 4.74 Å². The van der Waals surface area contributed by atoms with Crippen molar-refractivity contribution in [3.05, 3.63) is 23.6 Å². The molecule has 0 heterocycles. The number of ether oxygens (including phenoxy) is 2. The summed E-state index contributed by atoms with van der Waals surface area (Å²) in [5.41, 5.74) is 0.400. The average Bonchev–Trinajstić information content (AvgIpc) is 2.27. The van der Waals surface area contributed by atoms with Crippen LogP contribution < -0.4 is 0 Å². The van der Waals surface area contributed by atoms with E-state index in [0.717, 1.165) is 6.42 Å². The molecule has 84 valence electrons. The Bertz CT molecular complexity index is 290. The van der Waals surface area contributed by atoms with E-state index in [-0.39, 0.29) is 0 Å². The number of methoxy groups -OCH3 is 2. The number of allylic oxidation sites excluding steroid dienone is 2. The Kier molecular flexibility index (Phi) is 6.97. The molecule has 0 aliphatic carbocycles. The van der Waals surface area contributed by atoms with Crippen molar-refractivity contribution in [2.24, 2.45) is 4.99 Å². The molecule has 0 spiro atoms. The van der Waals surface area contributed by atoms with Crippen molar-refractivity contribution in [3.63, 3.8) is 0 Å².